The number of urea groups is 1. The molecular formula is C14H17FN2O2. The molecule has 0 fully saturated rings. The second-order valence-electron chi connectivity index (χ2n) is 4.33. The normalized spacial score (nSPS) is 17.6. The molecule has 19 heavy (non-hydrogen) atoms. The number of carbonyl (C=O) groups is 1. The Balaban J connectivity index is 2.13. The van der Waals surface area contributed by atoms with Crippen LogP contribution in [0, 0.1) is 5.82 Å². The fourth-order valence-corrected chi connectivity index (χ4v) is 2.13. The lowest BCUT2D eigenvalue weighted by Crippen LogP contribution is -2.38. The fraction of sp³-hybridized carbons (Fsp3) is 0.357. The van der Waals surface area contributed by atoms with Gasteiger partial charge in [0.15, 0.2) is 0 Å². The van der Waals surface area contributed by atoms with E-state index >= 15 is 0 Å². The Morgan fingerprint density at radius 3 is 3.05 bits per heavy atom. The van der Waals surface area contributed by atoms with Crippen molar-refractivity contribution in [2.24, 2.45) is 0 Å². The zero-order valence-corrected chi connectivity index (χ0v) is 11.0. The second-order valence-corrected chi connectivity index (χ2v) is 4.33. The number of ether oxygens (including phenoxy) is 1. The zero-order valence-electron chi connectivity index (χ0n) is 11.0. The predicted molar refractivity (Wildman–Crippen MR) is 71.9 cm³/mol. The Morgan fingerprint density at radius 1 is 1.58 bits per heavy atom. The number of hydrogen-bond donors (Lipinski definition) is 1. The Hall–Kier alpha value is -2.04. The van der Waals surface area contributed by atoms with Crippen molar-refractivity contribution in [3.05, 3.63) is 36.2 Å². The van der Waals surface area contributed by atoms with Crippen LogP contribution in [0.5, 0.6) is 5.75 Å². The number of rotatable bonds is 3. The summed E-state index contributed by atoms with van der Waals surface area (Å²) in [5.74, 6) is 0.0256. The Labute approximate surface area is 111 Å². The molecular weight excluding hydrogens is 247 g/mol. The van der Waals surface area contributed by atoms with Crippen LogP contribution in [-0.4, -0.2) is 30.6 Å². The molecule has 0 bridgehead atoms. The van der Waals surface area contributed by atoms with E-state index in [1.807, 2.05) is 19.1 Å². The summed E-state index contributed by atoms with van der Waals surface area (Å²) in [6, 6.07) is 3.88. The highest BCUT2D eigenvalue weighted by molar-refractivity contribution is 5.91. The lowest BCUT2D eigenvalue weighted by Gasteiger charge is -2.24. The highest BCUT2D eigenvalue weighted by atomic mass is 19.1. The molecule has 1 aromatic carbocycles. The number of nitrogens with one attached hydrogen (secondary N) is 1. The molecule has 0 spiro atoms. The molecule has 1 heterocycles. The van der Waals surface area contributed by atoms with Gasteiger partial charge in [0.1, 0.15) is 11.6 Å². The maximum Gasteiger partial charge on any atom is 0.322 e. The van der Waals surface area contributed by atoms with E-state index in [2.05, 4.69) is 5.32 Å². The van der Waals surface area contributed by atoms with Crippen molar-refractivity contribution in [2.75, 3.05) is 19.0 Å². The molecule has 0 aromatic heterocycles. The summed E-state index contributed by atoms with van der Waals surface area (Å²) >= 11 is 0. The van der Waals surface area contributed by atoms with Gasteiger partial charge in [-0.25, -0.2) is 9.18 Å². The molecule has 4 nitrogen and oxygen atoms in total. The van der Waals surface area contributed by atoms with E-state index in [1.54, 1.807) is 4.90 Å². The van der Waals surface area contributed by atoms with Gasteiger partial charge in [-0.05, 0) is 18.6 Å². The summed E-state index contributed by atoms with van der Waals surface area (Å²) in [6.45, 7) is 2.59. The van der Waals surface area contributed by atoms with E-state index in [0.29, 0.717) is 18.0 Å². The summed E-state index contributed by atoms with van der Waals surface area (Å²) in [6.07, 6.45) is 4.81. The van der Waals surface area contributed by atoms with Crippen molar-refractivity contribution in [2.45, 2.75) is 19.4 Å². The number of benzene rings is 1. The minimum absolute atomic E-state index is 0.0968. The number of halogens is 1. The van der Waals surface area contributed by atoms with Crippen LogP contribution in [0.1, 0.15) is 13.3 Å². The van der Waals surface area contributed by atoms with E-state index in [1.165, 1.54) is 25.3 Å². The first-order valence-corrected chi connectivity index (χ1v) is 6.23. The van der Waals surface area contributed by atoms with Crippen LogP contribution in [0.25, 0.3) is 0 Å². The van der Waals surface area contributed by atoms with E-state index in [0.717, 1.165) is 6.42 Å². The average Bonchev–Trinajstić information content (AvgIpc) is 2.87. The van der Waals surface area contributed by atoms with E-state index in [-0.39, 0.29) is 12.1 Å². The van der Waals surface area contributed by atoms with Gasteiger partial charge in [-0.3, -0.25) is 0 Å². The fourth-order valence-electron chi connectivity index (χ4n) is 2.13. The molecule has 0 radical (unpaired) electrons. The van der Waals surface area contributed by atoms with E-state index in [9.17, 15) is 9.18 Å². The van der Waals surface area contributed by atoms with Crippen LogP contribution in [-0.2, 0) is 0 Å². The quantitative estimate of drug-likeness (QED) is 0.853. The summed E-state index contributed by atoms with van der Waals surface area (Å²) in [5, 5.41) is 2.69. The molecule has 1 atom stereocenters. The molecule has 0 aliphatic carbocycles. The van der Waals surface area contributed by atoms with Crippen molar-refractivity contribution in [1.82, 2.24) is 4.90 Å². The summed E-state index contributed by atoms with van der Waals surface area (Å²) in [7, 11) is 1.48. The Bertz CT molecular complexity index is 502. The maximum absolute atomic E-state index is 13.2. The topological polar surface area (TPSA) is 41.6 Å². The van der Waals surface area contributed by atoms with Crippen LogP contribution in [0.4, 0.5) is 14.9 Å². The number of anilines is 1. The first-order valence-electron chi connectivity index (χ1n) is 6.23. The van der Waals surface area contributed by atoms with Crippen molar-refractivity contribution in [3.8, 4) is 5.75 Å². The number of methoxy groups -OCH3 is 1. The van der Waals surface area contributed by atoms with Gasteiger partial charge in [-0.2, -0.15) is 0 Å². The first-order chi connectivity index (χ1) is 9.15. The summed E-state index contributed by atoms with van der Waals surface area (Å²) < 4.78 is 18.3. The molecule has 0 saturated carbocycles. The molecule has 5 heteroatoms. The molecule has 0 unspecified atom stereocenters. The van der Waals surface area contributed by atoms with Gasteiger partial charge < -0.3 is 15.0 Å². The Morgan fingerprint density at radius 2 is 2.37 bits per heavy atom. The standard InChI is InChI=1S/C14H17FN2O2/c1-3-11-5-4-8-17(11)14(18)16-12-9-10(15)6-7-13(12)19-2/h4-7,9,11H,3,8H2,1-2H3,(H,16,18)/t11-/m0/s1. The van der Waals surface area contributed by atoms with Gasteiger partial charge in [-0.1, -0.05) is 19.1 Å². The minimum atomic E-state index is -0.414. The van der Waals surface area contributed by atoms with Crippen molar-refractivity contribution in [3.63, 3.8) is 0 Å². The van der Waals surface area contributed by atoms with Crippen LogP contribution < -0.4 is 10.1 Å². The third-order valence-electron chi connectivity index (χ3n) is 3.14. The largest absolute Gasteiger partial charge is 0.495 e. The molecule has 1 aliphatic heterocycles. The molecule has 102 valence electrons. The third-order valence-corrected chi connectivity index (χ3v) is 3.14. The summed E-state index contributed by atoms with van der Waals surface area (Å²) in [5.41, 5.74) is 0.342. The van der Waals surface area contributed by atoms with Crippen molar-refractivity contribution < 1.29 is 13.9 Å². The van der Waals surface area contributed by atoms with Gasteiger partial charge in [0.05, 0.1) is 18.8 Å². The second kappa shape index (κ2) is 5.73. The first kappa shape index (κ1) is 13.4. The number of hydrogen-bond acceptors (Lipinski definition) is 2. The Kier molecular flexibility index (Phi) is 4.04. The minimum Gasteiger partial charge on any atom is -0.495 e. The van der Waals surface area contributed by atoms with Gasteiger partial charge >= 0.3 is 6.03 Å². The van der Waals surface area contributed by atoms with Crippen LogP contribution in [0.15, 0.2) is 30.4 Å². The molecule has 1 N–H and O–H groups in total. The van der Waals surface area contributed by atoms with Gasteiger partial charge in [-0.15, -0.1) is 0 Å². The van der Waals surface area contributed by atoms with Gasteiger partial charge in [0.25, 0.3) is 0 Å². The molecule has 2 amide bonds. The third kappa shape index (κ3) is 2.86. The maximum atomic E-state index is 13.2. The van der Waals surface area contributed by atoms with Crippen LogP contribution in [0.3, 0.4) is 0 Å². The van der Waals surface area contributed by atoms with Crippen LogP contribution in [0.2, 0.25) is 0 Å². The molecule has 1 aromatic rings. The SMILES string of the molecule is CC[C@H]1C=CCN1C(=O)Nc1cc(F)ccc1OC. The molecule has 2 rings (SSSR count). The van der Waals surface area contributed by atoms with Gasteiger partial charge in [0.2, 0.25) is 0 Å². The van der Waals surface area contributed by atoms with E-state index in [4.69, 9.17) is 4.74 Å². The zero-order chi connectivity index (χ0) is 13.8. The van der Waals surface area contributed by atoms with Crippen molar-refractivity contribution >= 4 is 11.7 Å². The number of nitrogens with zero attached hydrogens (tertiary/aromatic N) is 1. The summed E-state index contributed by atoms with van der Waals surface area (Å²) in [4.78, 5) is 13.9. The molecule has 1 aliphatic rings. The highest BCUT2D eigenvalue weighted by Crippen LogP contribution is 2.26. The van der Waals surface area contributed by atoms with E-state index < -0.39 is 5.82 Å². The number of amides is 2. The lowest BCUT2D eigenvalue weighted by atomic mass is 10.2. The number of carbonyl (C=O) groups excluding carboxylic acids is 1. The van der Waals surface area contributed by atoms with Crippen LogP contribution >= 0.6 is 0 Å². The molecule has 0 saturated heterocycles. The van der Waals surface area contributed by atoms with Gasteiger partial charge in [0, 0.05) is 12.6 Å². The smallest absolute Gasteiger partial charge is 0.322 e. The predicted octanol–water partition coefficient (Wildman–Crippen LogP) is 3.02. The van der Waals surface area contributed by atoms with Crippen molar-refractivity contribution in [1.29, 1.82) is 0 Å². The average molecular weight is 264 g/mol. The highest BCUT2D eigenvalue weighted by Gasteiger charge is 2.23. The monoisotopic (exact) mass is 264 g/mol. The lowest BCUT2D eigenvalue weighted by molar-refractivity contribution is 0.209.